The molecule has 4 nitrogen and oxygen atoms in total. The lowest BCUT2D eigenvalue weighted by Gasteiger charge is -2.05. The van der Waals surface area contributed by atoms with Crippen LogP contribution in [0, 0.1) is 0 Å². The Morgan fingerprint density at radius 2 is 2.07 bits per heavy atom. The lowest BCUT2D eigenvalue weighted by molar-refractivity contribution is -0.122. The molecule has 0 radical (unpaired) electrons. The fraction of sp³-hybridized carbons (Fsp3) is 0.364. The number of nitrogens with one attached hydrogen (secondary N) is 2. The quantitative estimate of drug-likeness (QED) is 0.538. The van der Waals surface area contributed by atoms with Crippen LogP contribution in [0.15, 0.2) is 30.3 Å². The maximum atomic E-state index is 11.2. The van der Waals surface area contributed by atoms with Crippen molar-refractivity contribution in [3.8, 4) is 0 Å². The zero-order valence-electron chi connectivity index (χ0n) is 8.82. The van der Waals surface area contributed by atoms with Crippen LogP contribution in [0.5, 0.6) is 0 Å². The van der Waals surface area contributed by atoms with Crippen molar-refractivity contribution in [2.24, 2.45) is 0 Å². The smallest absolute Gasteiger partial charge is 0.236 e. The number of hydrogen-bond acceptors (Lipinski definition) is 3. The predicted octanol–water partition coefficient (Wildman–Crippen LogP) is 0.844. The van der Waals surface area contributed by atoms with Gasteiger partial charge in [-0.3, -0.25) is 4.79 Å². The lowest BCUT2D eigenvalue weighted by Crippen LogP contribution is -2.33. The summed E-state index contributed by atoms with van der Waals surface area (Å²) in [5, 5.41) is 2.78. The second kappa shape index (κ2) is 6.98. The zero-order valence-corrected chi connectivity index (χ0v) is 8.82. The van der Waals surface area contributed by atoms with Gasteiger partial charge in [0, 0.05) is 6.54 Å². The second-order valence-corrected chi connectivity index (χ2v) is 3.02. The predicted molar refractivity (Wildman–Crippen MR) is 57.9 cm³/mol. The maximum Gasteiger partial charge on any atom is 0.236 e. The van der Waals surface area contributed by atoms with Crippen LogP contribution in [0.25, 0.3) is 0 Å². The molecule has 1 aromatic carbocycles. The summed E-state index contributed by atoms with van der Waals surface area (Å²) in [6.45, 7) is 3.13. The second-order valence-electron chi connectivity index (χ2n) is 3.02. The fourth-order valence-corrected chi connectivity index (χ4v) is 1.08. The number of hydroxylamine groups is 1. The summed E-state index contributed by atoms with van der Waals surface area (Å²) >= 11 is 0. The highest BCUT2D eigenvalue weighted by atomic mass is 16.6. The first-order valence-corrected chi connectivity index (χ1v) is 4.98. The summed E-state index contributed by atoms with van der Waals surface area (Å²) in [7, 11) is 0. The number of hydrogen-bond donors (Lipinski definition) is 2. The molecule has 1 aromatic rings. The molecule has 0 atom stereocenters. The molecule has 1 rings (SSSR count). The van der Waals surface area contributed by atoms with Crippen LogP contribution in [0.1, 0.15) is 12.5 Å². The van der Waals surface area contributed by atoms with Gasteiger partial charge in [-0.05, 0) is 12.5 Å². The third-order valence-corrected chi connectivity index (χ3v) is 1.81. The molecule has 0 spiro atoms. The third-order valence-electron chi connectivity index (χ3n) is 1.81. The monoisotopic (exact) mass is 208 g/mol. The van der Waals surface area contributed by atoms with Gasteiger partial charge >= 0.3 is 0 Å². The molecule has 15 heavy (non-hydrogen) atoms. The van der Waals surface area contributed by atoms with Gasteiger partial charge in [-0.1, -0.05) is 30.3 Å². The van der Waals surface area contributed by atoms with E-state index in [2.05, 4.69) is 10.8 Å². The molecule has 0 heterocycles. The minimum Gasteiger partial charge on any atom is -0.351 e. The summed E-state index contributed by atoms with van der Waals surface area (Å²) in [6.07, 6.45) is 0. The topological polar surface area (TPSA) is 50.4 Å². The summed E-state index contributed by atoms with van der Waals surface area (Å²) in [5.74, 6) is -0.0766. The van der Waals surface area contributed by atoms with Crippen molar-refractivity contribution in [2.75, 3.05) is 13.2 Å². The molecule has 82 valence electrons. The van der Waals surface area contributed by atoms with Gasteiger partial charge in [-0.25, -0.2) is 0 Å². The molecule has 0 unspecified atom stereocenters. The Hall–Kier alpha value is -1.39. The summed E-state index contributed by atoms with van der Waals surface area (Å²) in [4.78, 5) is 16.1. The molecule has 0 aromatic heterocycles. The molecule has 0 bridgehead atoms. The lowest BCUT2D eigenvalue weighted by atomic mass is 10.2. The Morgan fingerprint density at radius 1 is 1.33 bits per heavy atom. The molecule has 0 saturated carbocycles. The van der Waals surface area contributed by atoms with E-state index in [0.717, 1.165) is 5.56 Å². The molecule has 4 heteroatoms. The van der Waals surface area contributed by atoms with Crippen LogP contribution in [-0.4, -0.2) is 19.1 Å². The van der Waals surface area contributed by atoms with E-state index in [-0.39, 0.29) is 12.5 Å². The van der Waals surface area contributed by atoms with Gasteiger partial charge in [0.2, 0.25) is 5.91 Å². The van der Waals surface area contributed by atoms with Crippen molar-refractivity contribution in [3.63, 3.8) is 0 Å². The van der Waals surface area contributed by atoms with Crippen LogP contribution in [0.4, 0.5) is 0 Å². The van der Waals surface area contributed by atoms with E-state index in [1.165, 1.54) is 0 Å². The van der Waals surface area contributed by atoms with E-state index in [4.69, 9.17) is 4.84 Å². The van der Waals surface area contributed by atoms with Gasteiger partial charge in [-0.2, -0.15) is 5.48 Å². The zero-order chi connectivity index (χ0) is 10.9. The van der Waals surface area contributed by atoms with Crippen molar-refractivity contribution in [2.45, 2.75) is 13.5 Å². The minimum atomic E-state index is -0.0766. The molecule has 0 aliphatic carbocycles. The molecule has 1 amide bonds. The largest absolute Gasteiger partial charge is 0.351 e. The van der Waals surface area contributed by atoms with Crippen molar-refractivity contribution < 1.29 is 9.63 Å². The SMILES string of the molecule is CCONCC(=O)NCc1ccccc1. The van der Waals surface area contributed by atoms with E-state index in [1.807, 2.05) is 37.3 Å². The molecule has 0 aliphatic heterocycles. The highest BCUT2D eigenvalue weighted by Crippen LogP contribution is 1.96. The van der Waals surface area contributed by atoms with E-state index < -0.39 is 0 Å². The molecule has 0 saturated heterocycles. The summed E-state index contributed by atoms with van der Waals surface area (Å²) in [5.41, 5.74) is 3.64. The number of rotatable bonds is 6. The van der Waals surface area contributed by atoms with Crippen LogP contribution >= 0.6 is 0 Å². The van der Waals surface area contributed by atoms with Gasteiger partial charge < -0.3 is 10.2 Å². The molecule has 0 fully saturated rings. The van der Waals surface area contributed by atoms with Crippen LogP contribution < -0.4 is 10.8 Å². The first kappa shape index (κ1) is 11.7. The summed E-state index contributed by atoms with van der Waals surface area (Å²) in [6, 6.07) is 9.77. The molecule has 2 N–H and O–H groups in total. The van der Waals surface area contributed by atoms with Crippen LogP contribution in [-0.2, 0) is 16.2 Å². The first-order valence-electron chi connectivity index (χ1n) is 4.98. The number of amides is 1. The first-order chi connectivity index (χ1) is 7.33. The Bertz CT molecular complexity index is 288. The third kappa shape index (κ3) is 5.15. The van der Waals surface area contributed by atoms with Crippen molar-refractivity contribution in [1.82, 2.24) is 10.8 Å². The summed E-state index contributed by atoms with van der Waals surface area (Å²) < 4.78 is 0. The van der Waals surface area contributed by atoms with Crippen molar-refractivity contribution >= 4 is 5.91 Å². The van der Waals surface area contributed by atoms with Gasteiger partial charge in [0.25, 0.3) is 0 Å². The van der Waals surface area contributed by atoms with Crippen molar-refractivity contribution in [1.29, 1.82) is 0 Å². The van der Waals surface area contributed by atoms with E-state index >= 15 is 0 Å². The highest BCUT2D eigenvalue weighted by molar-refractivity contribution is 5.77. The standard InChI is InChI=1S/C11H16N2O2/c1-2-15-13-9-11(14)12-8-10-6-4-3-5-7-10/h3-7,13H,2,8-9H2,1H3,(H,12,14). The van der Waals surface area contributed by atoms with E-state index in [9.17, 15) is 4.79 Å². The minimum absolute atomic E-state index is 0.0766. The van der Waals surface area contributed by atoms with Gasteiger partial charge in [0.05, 0.1) is 13.2 Å². The van der Waals surface area contributed by atoms with Gasteiger partial charge in [0.1, 0.15) is 0 Å². The van der Waals surface area contributed by atoms with Crippen molar-refractivity contribution in [3.05, 3.63) is 35.9 Å². The van der Waals surface area contributed by atoms with Crippen LogP contribution in [0.2, 0.25) is 0 Å². The Kier molecular flexibility index (Phi) is 5.43. The number of carbonyl (C=O) groups excluding carboxylic acids is 1. The van der Waals surface area contributed by atoms with E-state index in [0.29, 0.717) is 13.2 Å². The van der Waals surface area contributed by atoms with Gasteiger partial charge in [0.15, 0.2) is 0 Å². The van der Waals surface area contributed by atoms with E-state index in [1.54, 1.807) is 0 Å². The molecular weight excluding hydrogens is 192 g/mol. The van der Waals surface area contributed by atoms with Gasteiger partial charge in [-0.15, -0.1) is 0 Å². The normalized spacial score (nSPS) is 9.93. The highest BCUT2D eigenvalue weighted by Gasteiger charge is 1.99. The average molecular weight is 208 g/mol. The number of benzene rings is 1. The average Bonchev–Trinajstić information content (AvgIpc) is 2.28. The molecular formula is C11H16N2O2. The molecule has 0 aliphatic rings. The number of carbonyl (C=O) groups is 1. The Labute approximate surface area is 89.6 Å². The fourth-order valence-electron chi connectivity index (χ4n) is 1.08. The maximum absolute atomic E-state index is 11.2. The Balaban J connectivity index is 2.17. The Morgan fingerprint density at radius 3 is 2.73 bits per heavy atom. The van der Waals surface area contributed by atoms with Crippen LogP contribution in [0.3, 0.4) is 0 Å².